The molecule has 0 unspecified atom stereocenters. The van der Waals surface area contributed by atoms with Crippen molar-refractivity contribution in [1.82, 2.24) is 15.3 Å². The number of rotatable bonds is 1. The summed E-state index contributed by atoms with van der Waals surface area (Å²) in [6, 6.07) is 0. The Morgan fingerprint density at radius 3 is 2.40 bits per heavy atom. The number of aliphatic carboxylic acids is 1. The predicted octanol–water partition coefficient (Wildman–Crippen LogP) is 1.17. The predicted molar refractivity (Wildman–Crippen MR) is 65.8 cm³/mol. The van der Waals surface area contributed by atoms with Crippen molar-refractivity contribution in [2.45, 2.75) is 6.18 Å². The van der Waals surface area contributed by atoms with Crippen LogP contribution in [0.1, 0.15) is 0 Å². The zero-order chi connectivity index (χ0) is 15.2. The third-order valence-corrected chi connectivity index (χ3v) is 2.57. The molecule has 20 heavy (non-hydrogen) atoms. The summed E-state index contributed by atoms with van der Waals surface area (Å²) >= 11 is 5.97. The third kappa shape index (κ3) is 5.17. The van der Waals surface area contributed by atoms with Gasteiger partial charge in [0.25, 0.3) is 0 Å². The van der Waals surface area contributed by atoms with Gasteiger partial charge in [0, 0.05) is 26.2 Å². The van der Waals surface area contributed by atoms with Crippen molar-refractivity contribution >= 4 is 23.4 Å². The average molecular weight is 313 g/mol. The number of halogens is 4. The van der Waals surface area contributed by atoms with E-state index in [-0.39, 0.29) is 0 Å². The van der Waals surface area contributed by atoms with Crippen molar-refractivity contribution in [3.63, 3.8) is 0 Å². The number of anilines is 1. The van der Waals surface area contributed by atoms with Crippen LogP contribution >= 0.6 is 11.6 Å². The Morgan fingerprint density at radius 1 is 1.40 bits per heavy atom. The van der Waals surface area contributed by atoms with E-state index in [0.29, 0.717) is 5.02 Å². The van der Waals surface area contributed by atoms with E-state index in [2.05, 4.69) is 20.2 Å². The molecule has 112 valence electrons. The van der Waals surface area contributed by atoms with Crippen LogP contribution < -0.4 is 10.2 Å². The number of nitrogens with zero attached hydrogens (tertiary/aromatic N) is 3. The molecule has 2 rings (SSSR count). The van der Waals surface area contributed by atoms with Gasteiger partial charge < -0.3 is 15.3 Å². The summed E-state index contributed by atoms with van der Waals surface area (Å²) in [6.07, 6.45) is -1.92. The molecule has 0 aromatic carbocycles. The van der Waals surface area contributed by atoms with Crippen molar-refractivity contribution < 1.29 is 23.1 Å². The highest BCUT2D eigenvalue weighted by Gasteiger charge is 2.38. The van der Waals surface area contributed by atoms with E-state index >= 15 is 0 Å². The molecule has 0 radical (unpaired) electrons. The molecule has 1 aromatic heterocycles. The van der Waals surface area contributed by atoms with Gasteiger partial charge in [-0.05, 0) is 0 Å². The van der Waals surface area contributed by atoms with Crippen molar-refractivity contribution in [2.24, 2.45) is 0 Å². The SMILES string of the molecule is Clc1cncnc1N1CCNCC1.O=C(O)C(F)(F)F. The minimum atomic E-state index is -5.08. The number of carboxylic acid groups (broad SMARTS) is 1. The van der Waals surface area contributed by atoms with Crippen LogP contribution in [0.3, 0.4) is 0 Å². The maximum atomic E-state index is 10.6. The van der Waals surface area contributed by atoms with Gasteiger partial charge in [0.05, 0.1) is 6.20 Å². The summed E-state index contributed by atoms with van der Waals surface area (Å²) in [5.41, 5.74) is 0. The number of nitrogens with one attached hydrogen (secondary N) is 1. The Morgan fingerprint density at radius 2 is 1.95 bits per heavy atom. The van der Waals surface area contributed by atoms with Gasteiger partial charge in [-0.3, -0.25) is 0 Å². The van der Waals surface area contributed by atoms with E-state index in [0.717, 1.165) is 32.0 Å². The summed E-state index contributed by atoms with van der Waals surface area (Å²) in [5.74, 6) is -1.91. The van der Waals surface area contributed by atoms with E-state index < -0.39 is 12.1 Å². The number of carbonyl (C=O) groups is 1. The molecular formula is C10H12ClF3N4O2. The maximum Gasteiger partial charge on any atom is 0.490 e. The molecule has 10 heteroatoms. The van der Waals surface area contributed by atoms with Crippen molar-refractivity contribution in [3.05, 3.63) is 17.5 Å². The molecule has 1 aromatic rings. The monoisotopic (exact) mass is 312 g/mol. The first-order valence-corrected chi connectivity index (χ1v) is 5.91. The van der Waals surface area contributed by atoms with Gasteiger partial charge in [0.15, 0.2) is 5.82 Å². The van der Waals surface area contributed by atoms with E-state index in [4.69, 9.17) is 21.5 Å². The van der Waals surface area contributed by atoms with Gasteiger partial charge in [0.1, 0.15) is 11.3 Å². The minimum absolute atomic E-state index is 0.629. The Balaban J connectivity index is 0.000000246. The first-order chi connectivity index (χ1) is 9.32. The first kappa shape index (κ1) is 16.4. The van der Waals surface area contributed by atoms with Gasteiger partial charge in [-0.25, -0.2) is 14.8 Å². The van der Waals surface area contributed by atoms with Crippen LogP contribution in [0.15, 0.2) is 12.5 Å². The first-order valence-electron chi connectivity index (χ1n) is 5.53. The van der Waals surface area contributed by atoms with Gasteiger partial charge in [-0.15, -0.1) is 0 Å². The van der Waals surface area contributed by atoms with Crippen LogP contribution in [0.5, 0.6) is 0 Å². The Labute approximate surface area is 117 Å². The normalized spacial score (nSPS) is 15.3. The fourth-order valence-corrected chi connectivity index (χ4v) is 1.64. The van der Waals surface area contributed by atoms with Crippen molar-refractivity contribution in [3.8, 4) is 0 Å². The van der Waals surface area contributed by atoms with Crippen LogP contribution in [-0.4, -0.2) is 53.4 Å². The molecule has 1 saturated heterocycles. The number of piperazine rings is 1. The summed E-state index contributed by atoms with van der Waals surface area (Å²) in [6.45, 7) is 3.88. The van der Waals surface area contributed by atoms with Crippen LogP contribution in [0.2, 0.25) is 5.02 Å². The lowest BCUT2D eigenvalue weighted by Gasteiger charge is -2.28. The number of alkyl halides is 3. The van der Waals surface area contributed by atoms with Gasteiger partial charge in [-0.1, -0.05) is 11.6 Å². The molecule has 2 N–H and O–H groups in total. The minimum Gasteiger partial charge on any atom is -0.475 e. The molecule has 0 spiro atoms. The molecule has 0 aliphatic carbocycles. The van der Waals surface area contributed by atoms with E-state index in [1.54, 1.807) is 6.20 Å². The van der Waals surface area contributed by atoms with E-state index in [1.807, 2.05) is 0 Å². The zero-order valence-electron chi connectivity index (χ0n) is 10.2. The molecule has 1 fully saturated rings. The number of carboxylic acids is 1. The largest absolute Gasteiger partial charge is 0.490 e. The van der Waals surface area contributed by atoms with Crippen LogP contribution in [0, 0.1) is 0 Å². The third-order valence-electron chi connectivity index (χ3n) is 2.31. The maximum absolute atomic E-state index is 10.6. The highest BCUT2D eigenvalue weighted by molar-refractivity contribution is 6.32. The zero-order valence-corrected chi connectivity index (χ0v) is 10.9. The molecular weight excluding hydrogens is 301 g/mol. The fraction of sp³-hybridized carbons (Fsp3) is 0.500. The molecule has 6 nitrogen and oxygen atoms in total. The second kappa shape index (κ2) is 7.25. The molecule has 2 heterocycles. The van der Waals surface area contributed by atoms with Gasteiger partial charge in [-0.2, -0.15) is 13.2 Å². The molecule has 0 amide bonds. The lowest BCUT2D eigenvalue weighted by molar-refractivity contribution is -0.192. The summed E-state index contributed by atoms with van der Waals surface area (Å²) in [7, 11) is 0. The number of hydrogen-bond donors (Lipinski definition) is 2. The Kier molecular flexibility index (Phi) is 5.96. The lowest BCUT2D eigenvalue weighted by atomic mass is 10.3. The van der Waals surface area contributed by atoms with Crippen molar-refractivity contribution in [2.75, 3.05) is 31.1 Å². The molecule has 1 aliphatic rings. The molecule has 0 bridgehead atoms. The highest BCUT2D eigenvalue weighted by atomic mass is 35.5. The van der Waals surface area contributed by atoms with Crippen LogP contribution in [-0.2, 0) is 4.79 Å². The Bertz CT molecular complexity index is 452. The Hall–Kier alpha value is -1.61. The highest BCUT2D eigenvalue weighted by Crippen LogP contribution is 2.21. The van der Waals surface area contributed by atoms with E-state index in [1.165, 1.54) is 6.33 Å². The van der Waals surface area contributed by atoms with Gasteiger partial charge in [0.2, 0.25) is 0 Å². The second-order valence-corrected chi connectivity index (χ2v) is 4.14. The lowest BCUT2D eigenvalue weighted by Crippen LogP contribution is -2.44. The van der Waals surface area contributed by atoms with E-state index in [9.17, 15) is 13.2 Å². The van der Waals surface area contributed by atoms with Gasteiger partial charge >= 0.3 is 12.1 Å². The second-order valence-electron chi connectivity index (χ2n) is 3.73. The van der Waals surface area contributed by atoms with Crippen LogP contribution in [0.4, 0.5) is 19.0 Å². The summed E-state index contributed by atoms with van der Waals surface area (Å²) in [5, 5.41) is 11.0. The summed E-state index contributed by atoms with van der Waals surface area (Å²) in [4.78, 5) is 19.1. The standard InChI is InChI=1S/C8H11ClN4.C2HF3O2/c9-7-5-11-6-12-8(7)13-3-1-10-2-4-13;3-2(4,5)1(6)7/h5-6,10H,1-4H2;(H,6,7). The van der Waals surface area contributed by atoms with Crippen LogP contribution in [0.25, 0.3) is 0 Å². The molecule has 0 saturated carbocycles. The summed E-state index contributed by atoms with van der Waals surface area (Å²) < 4.78 is 31.7. The fourth-order valence-electron chi connectivity index (χ4n) is 1.42. The number of hydrogen-bond acceptors (Lipinski definition) is 5. The molecule has 0 atom stereocenters. The smallest absolute Gasteiger partial charge is 0.475 e. The average Bonchev–Trinajstić information content (AvgIpc) is 2.40. The quantitative estimate of drug-likeness (QED) is 0.810. The van der Waals surface area contributed by atoms with Crippen molar-refractivity contribution in [1.29, 1.82) is 0 Å². The molecule has 1 aliphatic heterocycles. The topological polar surface area (TPSA) is 78.4 Å². The number of aromatic nitrogens is 2.